The van der Waals surface area contributed by atoms with Crippen LogP contribution in [-0.4, -0.2) is 27.8 Å². The van der Waals surface area contributed by atoms with Crippen molar-refractivity contribution in [3.63, 3.8) is 0 Å². The van der Waals surface area contributed by atoms with E-state index >= 15 is 0 Å². The molecule has 92 valence electrons. The smallest absolute Gasteiger partial charge is 0.337 e. The van der Waals surface area contributed by atoms with Gasteiger partial charge in [-0.1, -0.05) is 12.1 Å². The van der Waals surface area contributed by atoms with Gasteiger partial charge in [0.25, 0.3) is 0 Å². The van der Waals surface area contributed by atoms with Crippen molar-refractivity contribution in [2.45, 2.75) is 12.5 Å². The third-order valence-electron chi connectivity index (χ3n) is 2.18. The summed E-state index contributed by atoms with van der Waals surface area (Å²) in [5.41, 5.74) is 0.350. The second-order valence-corrected chi connectivity index (χ2v) is 4.84. The molecule has 0 saturated carbocycles. The summed E-state index contributed by atoms with van der Waals surface area (Å²) >= 11 is 7.37. The van der Waals surface area contributed by atoms with Crippen molar-refractivity contribution < 1.29 is 19.8 Å². The highest BCUT2D eigenvalue weighted by Gasteiger charge is 2.24. The number of aliphatic hydroxyl groups excluding tert-OH is 1. The predicted molar refractivity (Wildman–Crippen MR) is 71.4 cm³/mol. The van der Waals surface area contributed by atoms with E-state index in [0.29, 0.717) is 3.57 Å². The van der Waals surface area contributed by atoms with Crippen LogP contribution in [-0.2, 0) is 4.79 Å². The summed E-state index contributed by atoms with van der Waals surface area (Å²) in [7, 11) is 0. The highest BCUT2D eigenvalue weighted by molar-refractivity contribution is 14.1. The topological polar surface area (TPSA) is 74.6 Å². The monoisotopic (exact) mass is 368 g/mol. The van der Waals surface area contributed by atoms with Crippen molar-refractivity contribution >= 4 is 45.9 Å². The molecule has 4 nitrogen and oxygen atoms in total. The molecule has 0 fully saturated rings. The fraction of sp³-hybridized carbons (Fsp3) is 0.273. The number of rotatable bonds is 5. The fourth-order valence-electron chi connectivity index (χ4n) is 1.40. The van der Waals surface area contributed by atoms with Crippen LogP contribution in [0.5, 0.6) is 0 Å². The number of carboxylic acids is 1. The van der Waals surface area contributed by atoms with Gasteiger partial charge in [0.15, 0.2) is 11.9 Å². The molecular weight excluding hydrogens is 358 g/mol. The van der Waals surface area contributed by atoms with Gasteiger partial charge in [-0.25, -0.2) is 4.79 Å². The number of aliphatic carboxylic acids is 1. The Morgan fingerprint density at radius 1 is 1.41 bits per heavy atom. The third kappa shape index (κ3) is 3.40. The van der Waals surface area contributed by atoms with Crippen LogP contribution >= 0.6 is 34.2 Å². The highest BCUT2D eigenvalue weighted by atomic mass is 127. The highest BCUT2D eigenvalue weighted by Crippen LogP contribution is 2.25. The van der Waals surface area contributed by atoms with E-state index in [2.05, 4.69) is 0 Å². The second-order valence-electron chi connectivity index (χ2n) is 3.30. The number of carboxylic acid groups (broad SMARTS) is 1. The van der Waals surface area contributed by atoms with Crippen molar-refractivity contribution in [1.29, 1.82) is 0 Å². The zero-order valence-corrected chi connectivity index (χ0v) is 11.6. The molecule has 0 bridgehead atoms. The number of carbonyl (C=O) groups is 2. The van der Waals surface area contributed by atoms with Gasteiger partial charge in [0.2, 0.25) is 0 Å². The quantitative estimate of drug-likeness (QED) is 0.475. The lowest BCUT2D eigenvalue weighted by Crippen LogP contribution is -2.17. The van der Waals surface area contributed by atoms with E-state index in [0.717, 1.165) is 0 Å². The van der Waals surface area contributed by atoms with E-state index in [4.69, 9.17) is 16.7 Å². The first-order valence-electron chi connectivity index (χ1n) is 4.77. The van der Waals surface area contributed by atoms with Gasteiger partial charge in [-0.3, -0.25) is 4.79 Å². The van der Waals surface area contributed by atoms with Crippen LogP contribution in [0.1, 0.15) is 28.4 Å². The molecule has 1 aromatic carbocycles. The molecular formula is C11H10ClIO4. The third-order valence-corrected chi connectivity index (χ3v) is 3.31. The van der Waals surface area contributed by atoms with Gasteiger partial charge in [-0.15, -0.1) is 11.6 Å². The van der Waals surface area contributed by atoms with E-state index in [1.165, 1.54) is 6.07 Å². The maximum atomic E-state index is 11.8. The summed E-state index contributed by atoms with van der Waals surface area (Å²) in [6.45, 7) is 0. The molecule has 0 aromatic heterocycles. The van der Waals surface area contributed by atoms with Crippen LogP contribution in [0.4, 0.5) is 0 Å². The summed E-state index contributed by atoms with van der Waals surface area (Å²) in [5, 5.41) is 18.4. The largest absolute Gasteiger partial charge is 0.479 e. The van der Waals surface area contributed by atoms with E-state index in [9.17, 15) is 14.7 Å². The number of benzene rings is 1. The van der Waals surface area contributed by atoms with E-state index < -0.39 is 12.1 Å². The molecule has 0 radical (unpaired) electrons. The Balaban J connectivity index is 3.26. The van der Waals surface area contributed by atoms with Crippen molar-refractivity contribution in [3.8, 4) is 0 Å². The first-order valence-corrected chi connectivity index (χ1v) is 6.38. The van der Waals surface area contributed by atoms with Crippen LogP contribution in [0, 0.1) is 3.57 Å². The number of Topliss-reactive ketones (excluding diaryl/α,β-unsaturated/α-hetero) is 1. The Morgan fingerprint density at radius 2 is 2.06 bits per heavy atom. The minimum absolute atomic E-state index is 0.112. The van der Waals surface area contributed by atoms with Gasteiger partial charge < -0.3 is 10.2 Å². The minimum Gasteiger partial charge on any atom is -0.479 e. The molecule has 0 saturated heterocycles. The summed E-state index contributed by atoms with van der Waals surface area (Å²) in [4.78, 5) is 22.5. The van der Waals surface area contributed by atoms with Gasteiger partial charge in [0.05, 0.1) is 0 Å². The van der Waals surface area contributed by atoms with Crippen molar-refractivity contribution in [2.24, 2.45) is 0 Å². The Labute approximate surface area is 117 Å². The SMILES string of the molecule is O=C(CCCl)c1cccc(I)c1C(O)C(=O)O. The number of alkyl halides is 1. The molecule has 0 aliphatic carbocycles. The number of hydrogen-bond donors (Lipinski definition) is 2. The number of aliphatic hydroxyl groups is 1. The van der Waals surface area contributed by atoms with Crippen LogP contribution in [0.25, 0.3) is 0 Å². The molecule has 2 N–H and O–H groups in total. The zero-order valence-electron chi connectivity index (χ0n) is 8.69. The molecule has 17 heavy (non-hydrogen) atoms. The van der Waals surface area contributed by atoms with Gasteiger partial charge in [0.1, 0.15) is 0 Å². The lowest BCUT2D eigenvalue weighted by atomic mass is 9.98. The molecule has 1 rings (SSSR count). The first-order chi connectivity index (χ1) is 7.99. The molecule has 1 unspecified atom stereocenters. The lowest BCUT2D eigenvalue weighted by molar-refractivity contribution is -0.147. The van der Waals surface area contributed by atoms with Crippen molar-refractivity contribution in [1.82, 2.24) is 0 Å². The van der Waals surface area contributed by atoms with E-state index in [1.807, 2.05) is 22.6 Å². The van der Waals surface area contributed by atoms with Crippen LogP contribution in [0.3, 0.4) is 0 Å². The van der Waals surface area contributed by atoms with Crippen LogP contribution < -0.4 is 0 Å². The normalized spacial score (nSPS) is 12.2. The molecule has 0 spiro atoms. The molecule has 0 aliphatic heterocycles. The number of ketones is 1. The maximum absolute atomic E-state index is 11.8. The average molecular weight is 369 g/mol. The molecule has 0 amide bonds. The Morgan fingerprint density at radius 3 is 2.59 bits per heavy atom. The zero-order chi connectivity index (χ0) is 13.0. The van der Waals surface area contributed by atoms with Crippen molar-refractivity contribution in [2.75, 3.05) is 5.88 Å². The number of halogens is 2. The summed E-state index contributed by atoms with van der Waals surface area (Å²) in [6.07, 6.45) is -1.58. The Hall–Kier alpha value is -0.660. The summed E-state index contributed by atoms with van der Waals surface area (Å²) in [6, 6.07) is 4.78. The van der Waals surface area contributed by atoms with E-state index in [-0.39, 0.29) is 29.2 Å². The van der Waals surface area contributed by atoms with Gasteiger partial charge in [0, 0.05) is 27.0 Å². The molecule has 1 atom stereocenters. The van der Waals surface area contributed by atoms with Crippen LogP contribution in [0.2, 0.25) is 0 Å². The number of hydrogen-bond acceptors (Lipinski definition) is 3. The second kappa shape index (κ2) is 6.32. The van der Waals surface area contributed by atoms with Crippen molar-refractivity contribution in [3.05, 3.63) is 32.9 Å². The summed E-state index contributed by atoms with van der Waals surface area (Å²) < 4.78 is 0.540. The molecule has 6 heteroatoms. The first kappa shape index (κ1) is 14.4. The van der Waals surface area contributed by atoms with Gasteiger partial charge >= 0.3 is 5.97 Å². The average Bonchev–Trinajstić information content (AvgIpc) is 2.28. The maximum Gasteiger partial charge on any atom is 0.337 e. The Bertz CT molecular complexity index is 447. The minimum atomic E-state index is -1.70. The molecule has 1 aromatic rings. The Kier molecular flexibility index (Phi) is 5.35. The fourth-order valence-corrected chi connectivity index (χ4v) is 2.37. The van der Waals surface area contributed by atoms with E-state index in [1.54, 1.807) is 12.1 Å². The van der Waals surface area contributed by atoms with Crippen LogP contribution in [0.15, 0.2) is 18.2 Å². The number of carbonyl (C=O) groups excluding carboxylic acids is 1. The molecule has 0 heterocycles. The predicted octanol–water partition coefficient (Wildman–Crippen LogP) is 2.22. The van der Waals surface area contributed by atoms with Gasteiger partial charge in [-0.2, -0.15) is 0 Å². The molecule has 0 aliphatic rings. The lowest BCUT2D eigenvalue weighted by Gasteiger charge is -2.13. The standard InChI is InChI=1S/C11H10ClIO4/c12-5-4-8(14)6-2-1-3-7(13)9(6)10(15)11(16)17/h1-3,10,15H,4-5H2,(H,16,17). The van der Waals surface area contributed by atoms with Gasteiger partial charge in [-0.05, 0) is 28.7 Å². The summed E-state index contributed by atoms with van der Waals surface area (Å²) in [5.74, 6) is -1.49.